The number of halogens is 2. The van der Waals surface area contributed by atoms with E-state index in [1.54, 1.807) is 24.3 Å². The lowest BCUT2D eigenvalue weighted by Crippen LogP contribution is -2.27. The molecule has 0 fully saturated rings. The van der Waals surface area contributed by atoms with Gasteiger partial charge in [0.15, 0.2) is 0 Å². The van der Waals surface area contributed by atoms with Crippen molar-refractivity contribution in [3.05, 3.63) is 58.9 Å². The monoisotopic (exact) mass is 328 g/mol. The van der Waals surface area contributed by atoms with Crippen LogP contribution in [0.2, 0.25) is 5.02 Å². The number of hydrogen-bond donors (Lipinski definition) is 2. The van der Waals surface area contributed by atoms with E-state index in [0.717, 1.165) is 11.6 Å². The van der Waals surface area contributed by atoms with Crippen molar-refractivity contribution in [3.8, 4) is 0 Å². The summed E-state index contributed by atoms with van der Waals surface area (Å²) >= 11 is 5.77. The standard InChI is InChI=1S/C14H14ClFN2O2S/c15-11-6-4-10(5-7-11)8-9-18-21(19,20)14-12(16)2-1-3-13(14)17/h1-7,18H,8-9,17H2. The number of nitrogens with one attached hydrogen (secondary N) is 1. The summed E-state index contributed by atoms with van der Waals surface area (Å²) in [5.41, 5.74) is 6.34. The molecule has 0 heterocycles. The smallest absolute Gasteiger partial charge is 0.245 e. The van der Waals surface area contributed by atoms with Crippen LogP contribution in [-0.2, 0) is 16.4 Å². The van der Waals surface area contributed by atoms with Gasteiger partial charge in [0.25, 0.3) is 0 Å². The van der Waals surface area contributed by atoms with Crippen molar-refractivity contribution >= 4 is 27.3 Å². The number of sulfonamides is 1. The molecule has 0 unspecified atom stereocenters. The molecule has 3 N–H and O–H groups in total. The highest BCUT2D eigenvalue weighted by Crippen LogP contribution is 2.21. The van der Waals surface area contributed by atoms with Crippen LogP contribution in [0, 0.1) is 5.82 Å². The summed E-state index contributed by atoms with van der Waals surface area (Å²) in [6.45, 7) is 0.137. The number of nitrogens with two attached hydrogens (primary N) is 1. The van der Waals surface area contributed by atoms with Crippen LogP contribution in [-0.4, -0.2) is 15.0 Å². The van der Waals surface area contributed by atoms with E-state index in [4.69, 9.17) is 17.3 Å². The quantitative estimate of drug-likeness (QED) is 0.829. The van der Waals surface area contributed by atoms with Crippen molar-refractivity contribution in [2.45, 2.75) is 11.3 Å². The van der Waals surface area contributed by atoms with E-state index in [0.29, 0.717) is 11.4 Å². The molecular formula is C14H14ClFN2O2S. The van der Waals surface area contributed by atoms with Gasteiger partial charge in [-0.3, -0.25) is 0 Å². The van der Waals surface area contributed by atoms with Crippen molar-refractivity contribution in [2.24, 2.45) is 0 Å². The van der Waals surface area contributed by atoms with Crippen LogP contribution in [0.1, 0.15) is 5.56 Å². The Labute approximate surface area is 127 Å². The molecular weight excluding hydrogens is 315 g/mol. The Kier molecular flexibility index (Phi) is 4.82. The van der Waals surface area contributed by atoms with E-state index in [1.807, 2.05) is 0 Å². The second-order valence-corrected chi connectivity index (χ2v) is 6.57. The largest absolute Gasteiger partial charge is 0.398 e. The molecule has 0 aliphatic carbocycles. The fraction of sp³-hybridized carbons (Fsp3) is 0.143. The lowest BCUT2D eigenvalue weighted by atomic mass is 10.2. The Hall–Kier alpha value is -1.63. The Balaban J connectivity index is 2.07. The van der Waals surface area contributed by atoms with Gasteiger partial charge in [-0.25, -0.2) is 17.5 Å². The van der Waals surface area contributed by atoms with Gasteiger partial charge in [-0.05, 0) is 36.2 Å². The van der Waals surface area contributed by atoms with Gasteiger partial charge in [-0.15, -0.1) is 0 Å². The first-order valence-electron chi connectivity index (χ1n) is 6.18. The second kappa shape index (κ2) is 6.43. The average Bonchev–Trinajstić information content (AvgIpc) is 2.40. The number of anilines is 1. The number of rotatable bonds is 5. The van der Waals surface area contributed by atoms with Crippen LogP contribution < -0.4 is 10.5 Å². The van der Waals surface area contributed by atoms with Crippen LogP contribution in [0.4, 0.5) is 10.1 Å². The minimum Gasteiger partial charge on any atom is -0.398 e. The molecule has 0 saturated heterocycles. The van der Waals surface area contributed by atoms with Crippen LogP contribution in [0.25, 0.3) is 0 Å². The molecule has 0 bridgehead atoms. The van der Waals surface area contributed by atoms with E-state index in [2.05, 4.69) is 4.72 Å². The highest BCUT2D eigenvalue weighted by molar-refractivity contribution is 7.89. The summed E-state index contributed by atoms with van der Waals surface area (Å²) in [6, 6.07) is 10.8. The van der Waals surface area contributed by atoms with Crippen molar-refractivity contribution in [1.29, 1.82) is 0 Å². The van der Waals surface area contributed by atoms with Crippen molar-refractivity contribution < 1.29 is 12.8 Å². The summed E-state index contributed by atoms with van der Waals surface area (Å²) < 4.78 is 40.1. The third-order valence-corrected chi connectivity index (χ3v) is 4.69. The average molecular weight is 329 g/mol. The normalized spacial score (nSPS) is 11.5. The van der Waals surface area contributed by atoms with Gasteiger partial charge in [0.2, 0.25) is 10.0 Å². The van der Waals surface area contributed by atoms with Crippen LogP contribution in [0.5, 0.6) is 0 Å². The SMILES string of the molecule is Nc1cccc(F)c1S(=O)(=O)NCCc1ccc(Cl)cc1. The van der Waals surface area contributed by atoms with Crippen LogP contribution in [0.3, 0.4) is 0 Å². The van der Waals surface area contributed by atoms with E-state index >= 15 is 0 Å². The molecule has 0 amide bonds. The molecule has 4 nitrogen and oxygen atoms in total. The molecule has 112 valence electrons. The Morgan fingerprint density at radius 1 is 1.14 bits per heavy atom. The molecule has 0 aliphatic heterocycles. The summed E-state index contributed by atoms with van der Waals surface area (Å²) in [4.78, 5) is -0.513. The third kappa shape index (κ3) is 3.93. The van der Waals surface area contributed by atoms with Gasteiger partial charge in [-0.1, -0.05) is 29.8 Å². The predicted molar refractivity (Wildman–Crippen MR) is 81.2 cm³/mol. The van der Waals surface area contributed by atoms with Gasteiger partial charge < -0.3 is 5.73 Å². The van der Waals surface area contributed by atoms with E-state index in [1.165, 1.54) is 12.1 Å². The highest BCUT2D eigenvalue weighted by atomic mass is 35.5. The molecule has 0 aromatic heterocycles. The minimum absolute atomic E-state index is 0.117. The lowest BCUT2D eigenvalue weighted by Gasteiger charge is -2.10. The zero-order valence-electron chi connectivity index (χ0n) is 11.0. The molecule has 21 heavy (non-hydrogen) atoms. The summed E-state index contributed by atoms with van der Waals surface area (Å²) in [5, 5.41) is 0.610. The first-order valence-corrected chi connectivity index (χ1v) is 8.04. The lowest BCUT2D eigenvalue weighted by molar-refractivity contribution is 0.558. The Morgan fingerprint density at radius 3 is 2.43 bits per heavy atom. The molecule has 2 rings (SSSR count). The second-order valence-electron chi connectivity index (χ2n) is 4.43. The van der Waals surface area contributed by atoms with Gasteiger partial charge >= 0.3 is 0 Å². The number of hydrogen-bond acceptors (Lipinski definition) is 3. The Morgan fingerprint density at radius 2 is 1.81 bits per heavy atom. The molecule has 0 radical (unpaired) electrons. The van der Waals surface area contributed by atoms with Crippen molar-refractivity contribution in [2.75, 3.05) is 12.3 Å². The zero-order chi connectivity index (χ0) is 15.5. The fourth-order valence-corrected chi connectivity index (χ4v) is 3.21. The topological polar surface area (TPSA) is 72.2 Å². The molecule has 0 atom stereocenters. The summed E-state index contributed by atoms with van der Waals surface area (Å²) in [6.07, 6.45) is 0.463. The number of benzene rings is 2. The fourth-order valence-electron chi connectivity index (χ4n) is 1.86. The maximum atomic E-state index is 13.6. The van der Waals surface area contributed by atoms with Crippen molar-refractivity contribution in [3.63, 3.8) is 0 Å². The molecule has 0 spiro atoms. The summed E-state index contributed by atoms with van der Waals surface area (Å²) in [5.74, 6) is -0.867. The molecule has 2 aromatic rings. The van der Waals surface area contributed by atoms with Gasteiger partial charge in [0, 0.05) is 11.6 Å². The maximum absolute atomic E-state index is 13.6. The van der Waals surface area contributed by atoms with Gasteiger partial charge in [-0.2, -0.15) is 0 Å². The van der Waals surface area contributed by atoms with E-state index in [-0.39, 0.29) is 12.2 Å². The third-order valence-electron chi connectivity index (χ3n) is 2.89. The molecule has 0 saturated carbocycles. The molecule has 2 aromatic carbocycles. The van der Waals surface area contributed by atoms with E-state index in [9.17, 15) is 12.8 Å². The van der Waals surface area contributed by atoms with Crippen LogP contribution >= 0.6 is 11.6 Å². The maximum Gasteiger partial charge on any atom is 0.245 e. The zero-order valence-corrected chi connectivity index (χ0v) is 12.6. The Bertz CT molecular complexity index is 713. The first kappa shape index (κ1) is 15.8. The highest BCUT2D eigenvalue weighted by Gasteiger charge is 2.21. The predicted octanol–water partition coefficient (Wildman–Crippen LogP) is 2.58. The first-order chi connectivity index (χ1) is 9.90. The number of nitrogen functional groups attached to an aromatic ring is 1. The molecule has 0 aliphatic rings. The molecule has 7 heteroatoms. The van der Waals surface area contributed by atoms with Gasteiger partial charge in [0.1, 0.15) is 10.7 Å². The minimum atomic E-state index is -3.98. The van der Waals surface area contributed by atoms with E-state index < -0.39 is 20.7 Å². The van der Waals surface area contributed by atoms with Gasteiger partial charge in [0.05, 0.1) is 5.69 Å². The van der Waals surface area contributed by atoms with Crippen molar-refractivity contribution in [1.82, 2.24) is 4.72 Å². The van der Waals surface area contributed by atoms with Crippen LogP contribution in [0.15, 0.2) is 47.4 Å². The summed E-state index contributed by atoms with van der Waals surface area (Å²) in [7, 11) is -3.98.